The third-order valence-electron chi connectivity index (χ3n) is 3.83. The summed E-state index contributed by atoms with van der Waals surface area (Å²) in [5.74, 6) is 0.527. The van der Waals surface area contributed by atoms with Crippen LogP contribution in [-0.4, -0.2) is 75.7 Å². The summed E-state index contributed by atoms with van der Waals surface area (Å²) in [5, 5.41) is 2.87. The fourth-order valence-electron chi connectivity index (χ4n) is 2.55. The summed E-state index contributed by atoms with van der Waals surface area (Å²) in [6, 6.07) is 0. The zero-order valence-electron chi connectivity index (χ0n) is 15.5. The van der Waals surface area contributed by atoms with E-state index in [1.54, 1.807) is 0 Å². The number of nitrogens with two attached hydrogens (primary N) is 1. The lowest BCUT2D eigenvalue weighted by molar-refractivity contribution is 0.0361. The summed E-state index contributed by atoms with van der Waals surface area (Å²) in [6.45, 7) is 12.5. The summed E-state index contributed by atoms with van der Waals surface area (Å²) in [7, 11) is 0. The molecule has 1 amide bonds. The molecule has 1 saturated heterocycles. The molecule has 0 bridgehead atoms. The summed E-state index contributed by atoms with van der Waals surface area (Å²) in [4.78, 5) is 14.1. The molecule has 0 unspecified atom stereocenters. The molecule has 0 aliphatic carbocycles. The molecule has 0 aromatic heterocycles. The standard InChI is InChI=1S/C17H35N3O4/c1-17(2,3)24-16(21)19-14-15-4-7-20(8-5-15)9-11-23-13-12-22-10-6-18/h15H,4-14,18H2,1-3H3,(H,19,21). The van der Waals surface area contributed by atoms with Crippen molar-refractivity contribution in [1.82, 2.24) is 10.2 Å². The number of ether oxygens (including phenoxy) is 3. The molecule has 7 nitrogen and oxygen atoms in total. The van der Waals surface area contributed by atoms with Crippen molar-refractivity contribution in [3.63, 3.8) is 0 Å². The average Bonchev–Trinajstić information content (AvgIpc) is 2.51. The molecule has 7 heteroatoms. The summed E-state index contributed by atoms with van der Waals surface area (Å²) in [5.41, 5.74) is 4.90. The zero-order valence-corrected chi connectivity index (χ0v) is 15.5. The molecular formula is C17H35N3O4. The molecule has 1 heterocycles. The Hall–Kier alpha value is -0.890. The van der Waals surface area contributed by atoms with Gasteiger partial charge in [0.15, 0.2) is 0 Å². The number of rotatable bonds is 10. The number of likely N-dealkylation sites (tertiary alicyclic amines) is 1. The van der Waals surface area contributed by atoms with E-state index in [9.17, 15) is 4.79 Å². The quantitative estimate of drug-likeness (QED) is 0.579. The van der Waals surface area contributed by atoms with E-state index in [0.717, 1.165) is 39.1 Å². The molecule has 0 aromatic carbocycles. The van der Waals surface area contributed by atoms with E-state index in [2.05, 4.69) is 10.2 Å². The lowest BCUT2D eigenvalue weighted by Gasteiger charge is -2.32. The minimum atomic E-state index is -0.442. The monoisotopic (exact) mass is 345 g/mol. The predicted molar refractivity (Wildman–Crippen MR) is 94.1 cm³/mol. The van der Waals surface area contributed by atoms with Crippen LogP contribution in [0.4, 0.5) is 4.79 Å². The first-order valence-corrected chi connectivity index (χ1v) is 8.95. The van der Waals surface area contributed by atoms with E-state index in [4.69, 9.17) is 19.9 Å². The van der Waals surface area contributed by atoms with Gasteiger partial charge < -0.3 is 30.2 Å². The Morgan fingerprint density at radius 3 is 2.33 bits per heavy atom. The van der Waals surface area contributed by atoms with E-state index >= 15 is 0 Å². The van der Waals surface area contributed by atoms with Crippen LogP contribution in [0.1, 0.15) is 33.6 Å². The number of carbonyl (C=O) groups is 1. The maximum atomic E-state index is 11.7. The predicted octanol–water partition coefficient (Wildman–Crippen LogP) is 1.22. The Labute approximate surface area is 146 Å². The highest BCUT2D eigenvalue weighted by molar-refractivity contribution is 5.67. The van der Waals surface area contributed by atoms with Crippen molar-refractivity contribution in [1.29, 1.82) is 0 Å². The van der Waals surface area contributed by atoms with Crippen molar-refractivity contribution >= 4 is 6.09 Å². The van der Waals surface area contributed by atoms with Gasteiger partial charge in [0.2, 0.25) is 0 Å². The highest BCUT2D eigenvalue weighted by Gasteiger charge is 2.21. The fourth-order valence-corrected chi connectivity index (χ4v) is 2.55. The number of amides is 1. The van der Waals surface area contributed by atoms with Gasteiger partial charge >= 0.3 is 6.09 Å². The normalized spacial score (nSPS) is 17.0. The largest absolute Gasteiger partial charge is 0.444 e. The minimum Gasteiger partial charge on any atom is -0.444 e. The van der Waals surface area contributed by atoms with Gasteiger partial charge in [-0.05, 0) is 52.6 Å². The van der Waals surface area contributed by atoms with Crippen molar-refractivity contribution in [3.8, 4) is 0 Å². The van der Waals surface area contributed by atoms with E-state index in [0.29, 0.717) is 38.8 Å². The molecule has 0 spiro atoms. The molecule has 1 aliphatic rings. The SMILES string of the molecule is CC(C)(C)OC(=O)NCC1CCN(CCOCCOCCN)CC1. The third-order valence-corrected chi connectivity index (χ3v) is 3.83. The van der Waals surface area contributed by atoms with Crippen LogP contribution >= 0.6 is 0 Å². The minimum absolute atomic E-state index is 0.324. The van der Waals surface area contributed by atoms with Gasteiger partial charge in [0, 0.05) is 19.6 Å². The molecule has 1 fully saturated rings. The van der Waals surface area contributed by atoms with Gasteiger partial charge in [0.1, 0.15) is 5.60 Å². The first kappa shape index (κ1) is 21.2. The maximum absolute atomic E-state index is 11.7. The Bertz CT molecular complexity index is 339. The molecule has 0 aromatic rings. The van der Waals surface area contributed by atoms with Crippen LogP contribution in [0.5, 0.6) is 0 Å². The summed E-state index contributed by atoms with van der Waals surface area (Å²) >= 11 is 0. The molecule has 24 heavy (non-hydrogen) atoms. The number of hydrogen-bond donors (Lipinski definition) is 2. The molecule has 1 rings (SSSR count). The van der Waals surface area contributed by atoms with Crippen molar-refractivity contribution < 1.29 is 19.0 Å². The Morgan fingerprint density at radius 2 is 1.75 bits per heavy atom. The Kier molecular flexibility index (Phi) is 10.2. The van der Waals surface area contributed by atoms with Crippen molar-refractivity contribution in [2.75, 3.05) is 59.2 Å². The lowest BCUT2D eigenvalue weighted by Crippen LogP contribution is -2.41. The van der Waals surface area contributed by atoms with E-state index in [1.807, 2.05) is 20.8 Å². The van der Waals surface area contributed by atoms with E-state index in [1.165, 1.54) is 0 Å². The number of nitrogens with zero attached hydrogens (tertiary/aromatic N) is 1. The molecular weight excluding hydrogens is 310 g/mol. The summed E-state index contributed by atoms with van der Waals surface area (Å²) < 4.78 is 16.1. The second kappa shape index (κ2) is 11.6. The molecule has 142 valence electrons. The Balaban J connectivity index is 2.01. The number of carbonyl (C=O) groups excluding carboxylic acids is 1. The highest BCUT2D eigenvalue weighted by Crippen LogP contribution is 2.16. The smallest absolute Gasteiger partial charge is 0.407 e. The zero-order chi connectivity index (χ0) is 17.8. The second-order valence-electron chi connectivity index (χ2n) is 7.18. The average molecular weight is 345 g/mol. The van der Waals surface area contributed by atoms with Gasteiger partial charge in [-0.25, -0.2) is 4.79 Å². The van der Waals surface area contributed by atoms with E-state index < -0.39 is 5.60 Å². The number of hydrogen-bond acceptors (Lipinski definition) is 6. The van der Waals surface area contributed by atoms with Crippen LogP contribution in [0.25, 0.3) is 0 Å². The van der Waals surface area contributed by atoms with Crippen LogP contribution in [0, 0.1) is 5.92 Å². The van der Waals surface area contributed by atoms with Gasteiger partial charge in [-0.15, -0.1) is 0 Å². The lowest BCUT2D eigenvalue weighted by atomic mass is 9.97. The number of piperidine rings is 1. The third kappa shape index (κ3) is 10.8. The topological polar surface area (TPSA) is 86.0 Å². The van der Waals surface area contributed by atoms with Crippen LogP contribution < -0.4 is 11.1 Å². The Morgan fingerprint density at radius 1 is 1.12 bits per heavy atom. The molecule has 0 saturated carbocycles. The first-order chi connectivity index (χ1) is 11.4. The highest BCUT2D eigenvalue weighted by atomic mass is 16.6. The molecule has 0 atom stereocenters. The van der Waals surface area contributed by atoms with Crippen molar-refractivity contribution in [2.24, 2.45) is 11.7 Å². The number of alkyl carbamates (subject to hydrolysis) is 1. The van der Waals surface area contributed by atoms with Crippen LogP contribution in [-0.2, 0) is 14.2 Å². The van der Waals surface area contributed by atoms with Gasteiger partial charge in [-0.3, -0.25) is 0 Å². The van der Waals surface area contributed by atoms with Crippen LogP contribution in [0.2, 0.25) is 0 Å². The van der Waals surface area contributed by atoms with Crippen LogP contribution in [0.15, 0.2) is 0 Å². The fraction of sp³-hybridized carbons (Fsp3) is 0.941. The molecule has 3 N–H and O–H groups in total. The van der Waals surface area contributed by atoms with Crippen LogP contribution in [0.3, 0.4) is 0 Å². The van der Waals surface area contributed by atoms with Gasteiger partial charge in [0.25, 0.3) is 0 Å². The molecule has 1 aliphatic heterocycles. The van der Waals surface area contributed by atoms with E-state index in [-0.39, 0.29) is 6.09 Å². The van der Waals surface area contributed by atoms with Gasteiger partial charge in [-0.2, -0.15) is 0 Å². The second-order valence-corrected chi connectivity index (χ2v) is 7.18. The maximum Gasteiger partial charge on any atom is 0.407 e. The number of nitrogens with one attached hydrogen (secondary N) is 1. The first-order valence-electron chi connectivity index (χ1n) is 8.95. The van der Waals surface area contributed by atoms with Crippen molar-refractivity contribution in [3.05, 3.63) is 0 Å². The molecule has 0 radical (unpaired) electrons. The van der Waals surface area contributed by atoms with Gasteiger partial charge in [0.05, 0.1) is 26.4 Å². The van der Waals surface area contributed by atoms with Crippen molar-refractivity contribution in [2.45, 2.75) is 39.2 Å². The van der Waals surface area contributed by atoms with Gasteiger partial charge in [-0.1, -0.05) is 0 Å². The summed E-state index contributed by atoms with van der Waals surface area (Å²) in [6.07, 6.45) is 1.86.